The predicted octanol–water partition coefficient (Wildman–Crippen LogP) is 4.28. The van der Waals surface area contributed by atoms with Crippen LogP contribution < -0.4 is 5.32 Å². The van der Waals surface area contributed by atoms with Gasteiger partial charge in [0, 0.05) is 22.3 Å². The third-order valence-corrected chi connectivity index (χ3v) is 5.18. The molecule has 0 aliphatic heterocycles. The Morgan fingerprint density at radius 1 is 1.32 bits per heavy atom. The molecule has 1 N–H and O–H groups in total. The normalized spacial score (nSPS) is 14.2. The summed E-state index contributed by atoms with van der Waals surface area (Å²) >= 11 is 5.25. The van der Waals surface area contributed by atoms with Gasteiger partial charge in [0.2, 0.25) is 0 Å². The van der Waals surface area contributed by atoms with Gasteiger partial charge in [0.1, 0.15) is 5.82 Å². The number of thiophene rings is 1. The highest BCUT2D eigenvalue weighted by Crippen LogP contribution is 2.34. The van der Waals surface area contributed by atoms with Crippen molar-refractivity contribution in [2.45, 2.75) is 32.6 Å². The maximum atomic E-state index is 4.79. The molecule has 5 heteroatoms. The van der Waals surface area contributed by atoms with E-state index in [4.69, 9.17) is 9.97 Å². The lowest BCUT2D eigenvalue weighted by Crippen LogP contribution is -2.13. The Morgan fingerprint density at radius 2 is 2.16 bits per heavy atom. The molecule has 0 bridgehead atoms. The van der Waals surface area contributed by atoms with Gasteiger partial charge >= 0.3 is 0 Å². The van der Waals surface area contributed by atoms with E-state index >= 15 is 0 Å². The molecule has 2 heterocycles. The van der Waals surface area contributed by atoms with Crippen molar-refractivity contribution < 1.29 is 0 Å². The van der Waals surface area contributed by atoms with Crippen molar-refractivity contribution in [3.63, 3.8) is 0 Å². The average Bonchev–Trinajstić information content (AvgIpc) is 2.85. The van der Waals surface area contributed by atoms with Gasteiger partial charge < -0.3 is 5.32 Å². The highest BCUT2D eigenvalue weighted by atomic mass is 79.9. The molecule has 2 aromatic rings. The van der Waals surface area contributed by atoms with E-state index in [-0.39, 0.29) is 0 Å². The summed E-state index contributed by atoms with van der Waals surface area (Å²) in [5, 5.41) is 5.46. The van der Waals surface area contributed by atoms with Crippen LogP contribution in [0.1, 0.15) is 31.0 Å². The van der Waals surface area contributed by atoms with Crippen LogP contribution in [0.4, 0.5) is 5.82 Å². The third-order valence-electron chi connectivity index (χ3n) is 3.35. The highest BCUT2D eigenvalue weighted by Gasteiger charge is 2.19. The minimum Gasteiger partial charge on any atom is -0.370 e. The summed E-state index contributed by atoms with van der Waals surface area (Å²) in [6, 6.07) is 2.05. The van der Waals surface area contributed by atoms with Crippen molar-refractivity contribution in [2.24, 2.45) is 0 Å². The van der Waals surface area contributed by atoms with E-state index in [1.165, 1.54) is 24.1 Å². The molecule has 0 atom stereocenters. The van der Waals surface area contributed by atoms with Gasteiger partial charge in [-0.3, -0.25) is 0 Å². The molecule has 3 nitrogen and oxygen atoms in total. The lowest BCUT2D eigenvalue weighted by molar-refractivity contribution is 0.665. The van der Waals surface area contributed by atoms with Crippen LogP contribution in [0.3, 0.4) is 0 Å². The van der Waals surface area contributed by atoms with E-state index in [1.807, 2.05) is 0 Å². The monoisotopic (exact) mass is 337 g/mol. The maximum absolute atomic E-state index is 4.79. The van der Waals surface area contributed by atoms with Crippen molar-refractivity contribution in [3.05, 3.63) is 27.2 Å². The van der Waals surface area contributed by atoms with Crippen molar-refractivity contribution in [1.82, 2.24) is 9.97 Å². The lowest BCUT2D eigenvalue weighted by Gasteiger charge is -2.19. The fraction of sp³-hybridized carbons (Fsp3) is 0.429. The number of hydrogen-bond acceptors (Lipinski definition) is 4. The van der Waals surface area contributed by atoms with Gasteiger partial charge in [-0.1, -0.05) is 0 Å². The van der Waals surface area contributed by atoms with Gasteiger partial charge in [-0.25, -0.2) is 9.97 Å². The molecule has 0 saturated heterocycles. The first-order valence-corrected chi connectivity index (χ1v) is 8.34. The molecule has 0 unspecified atom stereocenters. The number of fused-ring (bicyclic) bond motifs is 1. The summed E-state index contributed by atoms with van der Waals surface area (Å²) in [5.74, 6) is 1.88. The maximum Gasteiger partial charge on any atom is 0.173 e. The number of anilines is 1. The Kier molecular flexibility index (Phi) is 3.84. The van der Waals surface area contributed by atoms with Crippen molar-refractivity contribution >= 4 is 33.1 Å². The number of halogens is 1. The molecule has 19 heavy (non-hydrogen) atoms. The molecule has 0 spiro atoms. The Balaban J connectivity index is 2.11. The van der Waals surface area contributed by atoms with Gasteiger partial charge in [-0.15, -0.1) is 11.3 Å². The van der Waals surface area contributed by atoms with Crippen LogP contribution in [0.5, 0.6) is 0 Å². The summed E-state index contributed by atoms with van der Waals surface area (Å²) in [7, 11) is 0. The lowest BCUT2D eigenvalue weighted by atomic mass is 9.96. The van der Waals surface area contributed by atoms with E-state index in [1.54, 1.807) is 11.3 Å². The zero-order chi connectivity index (χ0) is 13.2. The molecular formula is C14H16BrN3S. The average molecular weight is 338 g/mol. The van der Waals surface area contributed by atoms with Gasteiger partial charge in [0.15, 0.2) is 5.82 Å². The summed E-state index contributed by atoms with van der Waals surface area (Å²) in [5.41, 5.74) is 2.55. The molecule has 1 aliphatic carbocycles. The minimum absolute atomic E-state index is 0.846. The van der Waals surface area contributed by atoms with Crippen molar-refractivity contribution in [1.29, 1.82) is 0 Å². The van der Waals surface area contributed by atoms with Crippen LogP contribution in [-0.2, 0) is 12.8 Å². The van der Waals surface area contributed by atoms with Crippen molar-refractivity contribution in [2.75, 3.05) is 11.9 Å². The first-order chi connectivity index (χ1) is 9.29. The number of aryl methyl sites for hydroxylation is 1. The number of rotatable bonds is 3. The van der Waals surface area contributed by atoms with E-state index in [2.05, 4.69) is 39.6 Å². The fourth-order valence-electron chi connectivity index (χ4n) is 2.46. The van der Waals surface area contributed by atoms with Gasteiger partial charge in [0.25, 0.3) is 0 Å². The standard InChI is InChI=1S/C14H16BrN3S/c1-2-16-13-9-5-3-4-6-11(9)17-14(18-13)12-10(15)7-8-19-12/h7-8H,2-6H2,1H3,(H,16,17,18). The Labute approximate surface area is 125 Å². The molecular weight excluding hydrogens is 322 g/mol. The fourth-order valence-corrected chi connectivity index (χ4v) is 3.94. The highest BCUT2D eigenvalue weighted by molar-refractivity contribution is 9.10. The topological polar surface area (TPSA) is 37.8 Å². The molecule has 0 fully saturated rings. The van der Waals surface area contributed by atoms with Gasteiger partial charge in [0.05, 0.1) is 4.88 Å². The summed E-state index contributed by atoms with van der Waals surface area (Å²) in [4.78, 5) is 10.6. The molecule has 100 valence electrons. The second kappa shape index (κ2) is 5.59. The van der Waals surface area contributed by atoms with Crippen LogP contribution >= 0.6 is 27.3 Å². The number of hydrogen-bond donors (Lipinski definition) is 1. The van der Waals surface area contributed by atoms with Gasteiger partial charge in [-0.2, -0.15) is 0 Å². The molecule has 0 saturated carbocycles. The van der Waals surface area contributed by atoms with Crippen molar-refractivity contribution in [3.8, 4) is 10.7 Å². The van der Waals surface area contributed by atoms with Crippen LogP contribution in [0.15, 0.2) is 15.9 Å². The first-order valence-electron chi connectivity index (χ1n) is 6.66. The molecule has 0 radical (unpaired) electrons. The Bertz CT molecular complexity index is 594. The molecule has 3 rings (SSSR count). The van der Waals surface area contributed by atoms with E-state index in [0.717, 1.165) is 40.4 Å². The number of aromatic nitrogens is 2. The quantitative estimate of drug-likeness (QED) is 0.908. The number of nitrogens with one attached hydrogen (secondary N) is 1. The van der Waals surface area contributed by atoms with E-state index in [0.29, 0.717) is 0 Å². The van der Waals surface area contributed by atoms with E-state index < -0.39 is 0 Å². The second-order valence-electron chi connectivity index (χ2n) is 4.66. The Morgan fingerprint density at radius 3 is 2.89 bits per heavy atom. The molecule has 0 aromatic carbocycles. The minimum atomic E-state index is 0.846. The smallest absolute Gasteiger partial charge is 0.173 e. The zero-order valence-electron chi connectivity index (χ0n) is 10.9. The molecule has 0 amide bonds. The first kappa shape index (κ1) is 13.1. The van der Waals surface area contributed by atoms with Crippen LogP contribution in [0, 0.1) is 0 Å². The SMILES string of the molecule is CCNc1nc(-c2sccc2Br)nc2c1CCCC2. The second-order valence-corrected chi connectivity index (χ2v) is 6.43. The summed E-state index contributed by atoms with van der Waals surface area (Å²) < 4.78 is 1.08. The Hall–Kier alpha value is -0.940. The summed E-state index contributed by atoms with van der Waals surface area (Å²) in [6.45, 7) is 3.01. The largest absolute Gasteiger partial charge is 0.370 e. The van der Waals surface area contributed by atoms with Crippen LogP contribution in [-0.4, -0.2) is 16.5 Å². The third kappa shape index (κ3) is 2.54. The predicted molar refractivity (Wildman–Crippen MR) is 83.9 cm³/mol. The summed E-state index contributed by atoms with van der Waals surface area (Å²) in [6.07, 6.45) is 4.66. The van der Waals surface area contributed by atoms with Gasteiger partial charge in [-0.05, 0) is 60.0 Å². The molecule has 2 aromatic heterocycles. The van der Waals surface area contributed by atoms with E-state index in [9.17, 15) is 0 Å². The molecule has 1 aliphatic rings. The number of nitrogens with zero attached hydrogens (tertiary/aromatic N) is 2. The van der Waals surface area contributed by atoms with Crippen LogP contribution in [0.25, 0.3) is 10.7 Å². The zero-order valence-corrected chi connectivity index (χ0v) is 13.3. The van der Waals surface area contributed by atoms with Crippen LogP contribution in [0.2, 0.25) is 0 Å².